The molecule has 3 rings (SSSR count). The molecule has 0 saturated heterocycles. The molecular formula is C15H17N3O3S. The molecule has 0 saturated carbocycles. The second kappa shape index (κ2) is 6.74. The number of carbonyl (C=O) groups is 1. The van der Waals surface area contributed by atoms with E-state index in [1.165, 1.54) is 11.8 Å². The molecule has 6 nitrogen and oxygen atoms in total. The van der Waals surface area contributed by atoms with E-state index in [9.17, 15) is 4.79 Å². The fourth-order valence-corrected chi connectivity index (χ4v) is 2.93. The lowest BCUT2D eigenvalue weighted by Gasteiger charge is -2.07. The summed E-state index contributed by atoms with van der Waals surface area (Å²) in [5.41, 5.74) is 0.701. The van der Waals surface area contributed by atoms with Crippen molar-refractivity contribution >= 4 is 23.4 Å². The SMILES string of the molecule is CCCn1ccnc1SCC(=O)Nc1ccc2c(c1)OCO2. The van der Waals surface area contributed by atoms with E-state index in [0.29, 0.717) is 22.9 Å². The molecule has 1 amide bonds. The average Bonchev–Trinajstić information content (AvgIpc) is 3.14. The third-order valence-electron chi connectivity index (χ3n) is 3.13. The Labute approximate surface area is 132 Å². The minimum Gasteiger partial charge on any atom is -0.454 e. The number of nitrogens with zero attached hydrogens (tertiary/aromatic N) is 2. The van der Waals surface area contributed by atoms with Gasteiger partial charge in [0.1, 0.15) is 0 Å². The molecule has 22 heavy (non-hydrogen) atoms. The Morgan fingerprint density at radius 3 is 3.14 bits per heavy atom. The Morgan fingerprint density at radius 1 is 1.41 bits per heavy atom. The van der Waals surface area contributed by atoms with Crippen LogP contribution in [-0.2, 0) is 11.3 Å². The monoisotopic (exact) mass is 319 g/mol. The first-order valence-corrected chi connectivity index (χ1v) is 8.08. The molecule has 1 aromatic heterocycles. The first kappa shape index (κ1) is 14.8. The lowest BCUT2D eigenvalue weighted by atomic mass is 10.3. The van der Waals surface area contributed by atoms with Gasteiger partial charge >= 0.3 is 0 Å². The lowest BCUT2D eigenvalue weighted by molar-refractivity contribution is -0.113. The van der Waals surface area contributed by atoms with Crippen molar-refractivity contribution in [1.82, 2.24) is 9.55 Å². The Kier molecular flexibility index (Phi) is 4.53. The highest BCUT2D eigenvalue weighted by Gasteiger charge is 2.14. The van der Waals surface area contributed by atoms with Crippen LogP contribution in [-0.4, -0.2) is 28.0 Å². The van der Waals surface area contributed by atoms with Gasteiger partial charge in [0.05, 0.1) is 5.75 Å². The Balaban J connectivity index is 1.55. The Bertz CT molecular complexity index is 672. The van der Waals surface area contributed by atoms with E-state index >= 15 is 0 Å². The van der Waals surface area contributed by atoms with Crippen LogP contribution in [0.3, 0.4) is 0 Å². The van der Waals surface area contributed by atoms with Gasteiger partial charge in [0, 0.05) is 30.7 Å². The summed E-state index contributed by atoms with van der Waals surface area (Å²) in [6, 6.07) is 5.36. The molecule has 2 heterocycles. The average molecular weight is 319 g/mol. The van der Waals surface area contributed by atoms with Crippen molar-refractivity contribution in [3.05, 3.63) is 30.6 Å². The largest absolute Gasteiger partial charge is 0.454 e. The van der Waals surface area contributed by atoms with Crippen LogP contribution in [0.4, 0.5) is 5.69 Å². The van der Waals surface area contributed by atoms with Crippen molar-refractivity contribution in [2.45, 2.75) is 25.0 Å². The summed E-state index contributed by atoms with van der Waals surface area (Å²) in [5.74, 6) is 1.60. The van der Waals surface area contributed by atoms with E-state index in [4.69, 9.17) is 9.47 Å². The highest BCUT2D eigenvalue weighted by molar-refractivity contribution is 7.99. The molecule has 1 N–H and O–H groups in total. The maximum atomic E-state index is 12.0. The normalized spacial score (nSPS) is 12.4. The van der Waals surface area contributed by atoms with Crippen LogP contribution >= 0.6 is 11.8 Å². The molecule has 0 atom stereocenters. The third-order valence-corrected chi connectivity index (χ3v) is 4.14. The summed E-state index contributed by atoms with van der Waals surface area (Å²) in [6.07, 6.45) is 4.72. The summed E-state index contributed by atoms with van der Waals surface area (Å²) in [4.78, 5) is 16.3. The fourth-order valence-electron chi connectivity index (χ4n) is 2.15. The van der Waals surface area contributed by atoms with Crippen LogP contribution in [0, 0.1) is 0 Å². The number of amides is 1. The number of anilines is 1. The number of rotatable bonds is 6. The molecule has 1 aliphatic rings. The number of ether oxygens (including phenoxy) is 2. The topological polar surface area (TPSA) is 65.4 Å². The predicted molar refractivity (Wildman–Crippen MR) is 84.4 cm³/mol. The zero-order valence-electron chi connectivity index (χ0n) is 12.2. The number of fused-ring (bicyclic) bond motifs is 1. The van der Waals surface area contributed by atoms with E-state index < -0.39 is 0 Å². The van der Waals surface area contributed by atoms with Gasteiger partial charge in [0.2, 0.25) is 12.7 Å². The van der Waals surface area contributed by atoms with Crippen LogP contribution in [0.15, 0.2) is 35.7 Å². The van der Waals surface area contributed by atoms with Crippen molar-refractivity contribution in [1.29, 1.82) is 0 Å². The van der Waals surface area contributed by atoms with Gasteiger partial charge in [-0.2, -0.15) is 0 Å². The summed E-state index contributed by atoms with van der Waals surface area (Å²) >= 11 is 1.43. The molecule has 0 unspecified atom stereocenters. The van der Waals surface area contributed by atoms with Crippen LogP contribution < -0.4 is 14.8 Å². The molecule has 7 heteroatoms. The number of benzene rings is 1. The van der Waals surface area contributed by atoms with Gasteiger partial charge in [-0.3, -0.25) is 4.79 Å². The molecule has 116 valence electrons. The van der Waals surface area contributed by atoms with E-state index in [1.54, 1.807) is 24.4 Å². The van der Waals surface area contributed by atoms with Gasteiger partial charge in [0.25, 0.3) is 0 Å². The minimum atomic E-state index is -0.0742. The quantitative estimate of drug-likeness (QED) is 0.829. The number of aromatic nitrogens is 2. The number of carbonyl (C=O) groups excluding carboxylic acids is 1. The molecule has 0 fully saturated rings. The zero-order valence-corrected chi connectivity index (χ0v) is 13.1. The molecular weight excluding hydrogens is 302 g/mol. The van der Waals surface area contributed by atoms with E-state index in [0.717, 1.165) is 18.1 Å². The van der Waals surface area contributed by atoms with Crippen molar-refractivity contribution < 1.29 is 14.3 Å². The third kappa shape index (κ3) is 3.36. The van der Waals surface area contributed by atoms with Crippen LogP contribution in [0.1, 0.15) is 13.3 Å². The summed E-state index contributed by atoms with van der Waals surface area (Å²) < 4.78 is 12.6. The number of thioether (sulfide) groups is 1. The lowest BCUT2D eigenvalue weighted by Crippen LogP contribution is -2.14. The second-order valence-corrected chi connectivity index (χ2v) is 5.75. The number of aryl methyl sites for hydroxylation is 1. The first-order valence-electron chi connectivity index (χ1n) is 7.09. The second-order valence-electron chi connectivity index (χ2n) is 4.81. The van der Waals surface area contributed by atoms with Gasteiger partial charge in [-0.15, -0.1) is 0 Å². The maximum absolute atomic E-state index is 12.0. The number of hydrogen-bond donors (Lipinski definition) is 1. The van der Waals surface area contributed by atoms with Gasteiger partial charge in [-0.1, -0.05) is 18.7 Å². The molecule has 1 aliphatic heterocycles. The van der Waals surface area contributed by atoms with Gasteiger partial charge < -0.3 is 19.4 Å². The Hall–Kier alpha value is -2.15. The summed E-state index contributed by atoms with van der Waals surface area (Å²) in [7, 11) is 0. The molecule has 0 radical (unpaired) electrons. The van der Waals surface area contributed by atoms with E-state index in [2.05, 4.69) is 21.8 Å². The minimum absolute atomic E-state index is 0.0742. The smallest absolute Gasteiger partial charge is 0.234 e. The fraction of sp³-hybridized carbons (Fsp3) is 0.333. The van der Waals surface area contributed by atoms with Crippen LogP contribution in [0.25, 0.3) is 0 Å². The molecule has 0 spiro atoms. The van der Waals surface area contributed by atoms with Crippen molar-refractivity contribution in [2.75, 3.05) is 17.9 Å². The standard InChI is InChI=1S/C15H17N3O3S/c1-2-6-18-7-5-16-15(18)22-9-14(19)17-11-3-4-12-13(8-11)21-10-20-12/h3-5,7-8H,2,6,9-10H2,1H3,(H,17,19). The van der Waals surface area contributed by atoms with E-state index in [1.807, 2.05) is 6.20 Å². The van der Waals surface area contributed by atoms with Gasteiger partial charge in [0.15, 0.2) is 16.7 Å². The maximum Gasteiger partial charge on any atom is 0.234 e. The van der Waals surface area contributed by atoms with Crippen molar-refractivity contribution in [2.24, 2.45) is 0 Å². The highest BCUT2D eigenvalue weighted by Crippen LogP contribution is 2.34. The highest BCUT2D eigenvalue weighted by atomic mass is 32.2. The molecule has 0 aliphatic carbocycles. The molecule has 1 aromatic carbocycles. The summed E-state index contributed by atoms with van der Waals surface area (Å²) in [5, 5.41) is 3.72. The van der Waals surface area contributed by atoms with Crippen molar-refractivity contribution in [3.8, 4) is 11.5 Å². The zero-order chi connectivity index (χ0) is 15.4. The van der Waals surface area contributed by atoms with Crippen LogP contribution in [0.5, 0.6) is 11.5 Å². The number of imidazole rings is 1. The summed E-state index contributed by atoms with van der Waals surface area (Å²) in [6.45, 7) is 3.25. The molecule has 2 aromatic rings. The van der Waals surface area contributed by atoms with Gasteiger partial charge in [-0.25, -0.2) is 4.98 Å². The Morgan fingerprint density at radius 2 is 2.27 bits per heavy atom. The number of hydrogen-bond acceptors (Lipinski definition) is 5. The predicted octanol–water partition coefficient (Wildman–Crippen LogP) is 2.75. The van der Waals surface area contributed by atoms with Crippen LogP contribution in [0.2, 0.25) is 0 Å². The van der Waals surface area contributed by atoms with E-state index in [-0.39, 0.29) is 12.7 Å². The number of nitrogens with one attached hydrogen (secondary N) is 1. The molecule has 0 bridgehead atoms. The first-order chi connectivity index (χ1) is 10.8. The van der Waals surface area contributed by atoms with Gasteiger partial charge in [-0.05, 0) is 18.6 Å². The van der Waals surface area contributed by atoms with Crippen molar-refractivity contribution in [3.63, 3.8) is 0 Å².